The summed E-state index contributed by atoms with van der Waals surface area (Å²) in [7, 11) is -4.19. The Balaban J connectivity index is 2.29. The zero-order chi connectivity index (χ0) is 23.6. The number of sulfone groups is 1. The Morgan fingerprint density at radius 2 is 2.06 bits per heavy atom. The van der Waals surface area contributed by atoms with E-state index in [4.69, 9.17) is 27.3 Å². The van der Waals surface area contributed by atoms with Crippen molar-refractivity contribution in [1.29, 1.82) is 5.26 Å². The van der Waals surface area contributed by atoms with E-state index in [0.717, 1.165) is 25.1 Å². The summed E-state index contributed by atoms with van der Waals surface area (Å²) in [6.45, 7) is 0.154. The molecule has 0 saturated heterocycles. The lowest BCUT2D eigenvalue weighted by molar-refractivity contribution is -0.189. The van der Waals surface area contributed by atoms with E-state index >= 15 is 0 Å². The van der Waals surface area contributed by atoms with Crippen molar-refractivity contribution in [2.24, 2.45) is 11.1 Å². The van der Waals surface area contributed by atoms with E-state index in [0.29, 0.717) is 0 Å². The second-order valence-electron chi connectivity index (χ2n) is 6.98. The fourth-order valence-corrected chi connectivity index (χ4v) is 5.62. The van der Waals surface area contributed by atoms with Crippen LogP contribution < -0.4 is 10.5 Å². The number of esters is 1. The predicted molar refractivity (Wildman–Crippen MR) is 101 cm³/mol. The second kappa shape index (κ2) is 8.92. The number of hydrogen-bond donors (Lipinski definition) is 1. The van der Waals surface area contributed by atoms with E-state index in [2.05, 4.69) is 4.74 Å². The Hall–Kier alpha value is -2.52. The number of carbonyl (C=O) groups excluding carboxylic acids is 2. The first-order valence-corrected chi connectivity index (χ1v) is 10.8. The molecule has 170 valence electrons. The monoisotopic (exact) mass is 482 g/mol. The molecule has 0 aromatic heterocycles. The molecule has 1 saturated carbocycles. The number of benzene rings is 1. The maximum atomic E-state index is 13.0. The van der Waals surface area contributed by atoms with Gasteiger partial charge in [-0.15, -0.1) is 0 Å². The van der Waals surface area contributed by atoms with Gasteiger partial charge in [0.2, 0.25) is 5.91 Å². The van der Waals surface area contributed by atoms with Gasteiger partial charge < -0.3 is 15.2 Å². The lowest BCUT2D eigenvalue weighted by Crippen LogP contribution is -2.44. The number of amides is 1. The summed E-state index contributed by atoms with van der Waals surface area (Å²) in [6, 6.07) is 4.53. The number of nitrogens with zero attached hydrogens (tertiary/aromatic N) is 1. The van der Waals surface area contributed by atoms with Crippen LogP contribution in [-0.4, -0.2) is 44.4 Å². The van der Waals surface area contributed by atoms with E-state index < -0.39 is 62.6 Å². The highest BCUT2D eigenvalue weighted by molar-refractivity contribution is 7.92. The molecular formula is C18H18ClF3N2O6S. The molecule has 1 aliphatic rings. The highest BCUT2D eigenvalue weighted by Crippen LogP contribution is 2.45. The van der Waals surface area contributed by atoms with Gasteiger partial charge in [-0.25, -0.2) is 8.42 Å². The van der Waals surface area contributed by atoms with Crippen molar-refractivity contribution in [3.63, 3.8) is 0 Å². The molecule has 0 bridgehead atoms. The predicted octanol–water partition coefficient (Wildman–Crippen LogP) is 2.53. The summed E-state index contributed by atoms with van der Waals surface area (Å²) in [5, 5.41) is 6.93. The number of nitriles is 1. The molecule has 0 unspecified atom stereocenters. The number of carbonyl (C=O) groups is 2. The van der Waals surface area contributed by atoms with Crippen molar-refractivity contribution in [1.82, 2.24) is 0 Å². The number of hydrogen-bond acceptors (Lipinski definition) is 7. The summed E-state index contributed by atoms with van der Waals surface area (Å²) in [6.07, 6.45) is -7.57. The van der Waals surface area contributed by atoms with Crippen LogP contribution in [0, 0.1) is 16.7 Å². The van der Waals surface area contributed by atoms with E-state index in [1.54, 1.807) is 6.07 Å². The van der Waals surface area contributed by atoms with Crippen molar-refractivity contribution in [2.75, 3.05) is 6.61 Å². The maximum absolute atomic E-state index is 13.0. The van der Waals surface area contributed by atoms with E-state index in [-0.39, 0.29) is 23.6 Å². The van der Waals surface area contributed by atoms with Gasteiger partial charge in [-0.3, -0.25) is 9.59 Å². The Labute approximate surface area is 181 Å². The normalized spacial score (nSPS) is 22.4. The third kappa shape index (κ3) is 5.04. The van der Waals surface area contributed by atoms with Crippen LogP contribution in [0.2, 0.25) is 5.02 Å². The highest BCUT2D eigenvalue weighted by atomic mass is 35.5. The van der Waals surface area contributed by atoms with Gasteiger partial charge in [0, 0.05) is 6.07 Å². The molecule has 1 fully saturated rings. The third-order valence-electron chi connectivity index (χ3n) is 5.02. The lowest BCUT2D eigenvalue weighted by atomic mass is 9.85. The standard InChI is InChI=1S/C18H18ClF3N2O6S/c1-10(18(20,21)22)30-11-2-3-14(13(19)8-11)31(27,28)12-4-5-17(9-12,15(24)25)16(26)29-7-6-23/h2-3,8,10,12H,4-5,7,9H2,1H3,(H2,24,25)/t10-,12+,17+/m0/s1. The van der Waals surface area contributed by atoms with E-state index in [9.17, 15) is 31.2 Å². The lowest BCUT2D eigenvalue weighted by Gasteiger charge is -2.23. The van der Waals surface area contributed by atoms with Gasteiger partial charge in [-0.2, -0.15) is 18.4 Å². The zero-order valence-electron chi connectivity index (χ0n) is 16.1. The Bertz CT molecular complexity index is 1020. The topological polar surface area (TPSA) is 137 Å². The van der Waals surface area contributed by atoms with Gasteiger partial charge in [0.05, 0.1) is 15.2 Å². The van der Waals surface area contributed by atoms with Crippen LogP contribution >= 0.6 is 11.6 Å². The minimum absolute atomic E-state index is 0.118. The van der Waals surface area contributed by atoms with Gasteiger partial charge in [0.25, 0.3) is 0 Å². The summed E-state index contributed by atoms with van der Waals surface area (Å²) >= 11 is 6.00. The number of ether oxygens (including phenoxy) is 2. The summed E-state index contributed by atoms with van der Waals surface area (Å²) in [4.78, 5) is 23.8. The molecule has 2 rings (SSSR count). The largest absolute Gasteiger partial charge is 0.481 e. The maximum Gasteiger partial charge on any atom is 0.425 e. The average Bonchev–Trinajstić information content (AvgIpc) is 3.13. The Morgan fingerprint density at radius 3 is 2.58 bits per heavy atom. The number of nitrogens with two attached hydrogens (primary N) is 1. The van der Waals surface area contributed by atoms with Crippen molar-refractivity contribution in [2.45, 2.75) is 48.6 Å². The molecule has 0 spiro atoms. The van der Waals surface area contributed by atoms with Crippen molar-refractivity contribution >= 4 is 33.3 Å². The molecule has 0 heterocycles. The van der Waals surface area contributed by atoms with Gasteiger partial charge >= 0.3 is 12.1 Å². The molecule has 1 aromatic carbocycles. The first-order valence-electron chi connectivity index (χ1n) is 8.86. The number of alkyl halides is 3. The fourth-order valence-electron chi connectivity index (χ4n) is 3.25. The molecule has 13 heteroatoms. The minimum atomic E-state index is -4.63. The zero-order valence-corrected chi connectivity index (χ0v) is 17.7. The number of halogens is 4. The summed E-state index contributed by atoms with van der Waals surface area (Å²) < 4.78 is 73.4. The minimum Gasteiger partial charge on any atom is -0.481 e. The van der Waals surface area contributed by atoms with Crippen LogP contribution in [0.25, 0.3) is 0 Å². The van der Waals surface area contributed by atoms with E-state index in [1.807, 2.05) is 0 Å². The summed E-state index contributed by atoms with van der Waals surface area (Å²) in [5.41, 5.74) is 3.42. The van der Waals surface area contributed by atoms with Crippen molar-refractivity contribution in [3.05, 3.63) is 23.2 Å². The molecule has 1 aliphatic carbocycles. The van der Waals surface area contributed by atoms with Crippen LogP contribution in [0.4, 0.5) is 13.2 Å². The van der Waals surface area contributed by atoms with Crippen LogP contribution in [-0.2, 0) is 24.2 Å². The molecule has 1 amide bonds. The van der Waals surface area contributed by atoms with Gasteiger partial charge in [-0.05, 0) is 38.3 Å². The molecule has 0 aliphatic heterocycles. The molecule has 0 radical (unpaired) electrons. The average molecular weight is 483 g/mol. The first kappa shape index (κ1) is 24.7. The van der Waals surface area contributed by atoms with Gasteiger partial charge in [0.15, 0.2) is 22.5 Å². The Morgan fingerprint density at radius 1 is 1.42 bits per heavy atom. The smallest absolute Gasteiger partial charge is 0.425 e. The van der Waals surface area contributed by atoms with Crippen LogP contribution in [0.5, 0.6) is 5.75 Å². The molecular weight excluding hydrogens is 465 g/mol. The molecule has 31 heavy (non-hydrogen) atoms. The first-order chi connectivity index (χ1) is 14.3. The number of rotatable bonds is 7. The fraction of sp³-hybridized carbons (Fsp3) is 0.500. The molecule has 8 nitrogen and oxygen atoms in total. The van der Waals surface area contributed by atoms with Crippen molar-refractivity contribution < 1.29 is 40.7 Å². The van der Waals surface area contributed by atoms with Gasteiger partial charge in [-0.1, -0.05) is 11.6 Å². The second-order valence-corrected chi connectivity index (χ2v) is 9.59. The van der Waals surface area contributed by atoms with E-state index in [1.165, 1.54) is 0 Å². The quantitative estimate of drug-likeness (QED) is 0.465. The van der Waals surface area contributed by atoms with Gasteiger partial charge in [0.1, 0.15) is 17.2 Å². The Kier molecular flexibility index (Phi) is 7.12. The SMILES string of the molecule is C[C@H](Oc1ccc(S(=O)(=O)[C@@H]2CC[C@@](C(N)=O)(C(=O)OCC#N)C2)c(Cl)c1)C(F)(F)F. The van der Waals surface area contributed by atoms with Crippen molar-refractivity contribution in [3.8, 4) is 11.8 Å². The third-order valence-corrected chi connectivity index (χ3v) is 7.70. The van der Waals surface area contributed by atoms with Crippen LogP contribution in [0.3, 0.4) is 0 Å². The number of primary amides is 1. The highest BCUT2D eigenvalue weighted by Gasteiger charge is 2.55. The molecule has 2 N–H and O–H groups in total. The summed E-state index contributed by atoms with van der Waals surface area (Å²) in [5.74, 6) is -2.45. The molecule has 1 aromatic rings. The van der Waals surface area contributed by atoms with Crippen LogP contribution in [0.15, 0.2) is 23.1 Å². The molecule has 3 atom stereocenters. The van der Waals surface area contributed by atoms with Crippen LogP contribution in [0.1, 0.15) is 26.2 Å².